The van der Waals surface area contributed by atoms with Crippen molar-refractivity contribution in [1.29, 1.82) is 0 Å². The molecule has 0 aliphatic carbocycles. The third kappa shape index (κ3) is 5.59. The van der Waals surface area contributed by atoms with Crippen molar-refractivity contribution >= 4 is 23.2 Å². The molecule has 1 rings (SSSR count). The van der Waals surface area contributed by atoms with Crippen molar-refractivity contribution in [3.05, 3.63) is 35.9 Å². The van der Waals surface area contributed by atoms with Crippen LogP contribution < -0.4 is 10.6 Å². The Kier molecular flexibility index (Phi) is 5.73. The molecule has 120 valence electrons. The summed E-state index contributed by atoms with van der Waals surface area (Å²) in [4.78, 5) is 22.6. The van der Waals surface area contributed by atoms with Crippen LogP contribution in [0.2, 0.25) is 0 Å². The molecule has 0 radical (unpaired) electrons. The molecule has 0 saturated heterocycles. The highest BCUT2D eigenvalue weighted by Crippen LogP contribution is 2.20. The predicted octanol–water partition coefficient (Wildman–Crippen LogP) is 3.73. The number of benzene rings is 1. The first-order chi connectivity index (χ1) is 10.1. The first-order valence-corrected chi connectivity index (χ1v) is 6.57. The molecule has 0 saturated carbocycles. The third-order valence-corrected chi connectivity index (χ3v) is 2.91. The van der Waals surface area contributed by atoms with Crippen LogP contribution >= 0.6 is 0 Å². The summed E-state index contributed by atoms with van der Waals surface area (Å²) in [5.74, 6) is -2.24. The fraction of sp³-hybridized carbons (Fsp3) is 0.333. The second-order valence-corrected chi connectivity index (χ2v) is 5.06. The van der Waals surface area contributed by atoms with Crippen LogP contribution in [0.3, 0.4) is 0 Å². The number of hydrogen-bond donors (Lipinski definition) is 2. The standard InChI is InChI=1S/C15H17F3N2O2/c1-9(2)10(3)7-13(21)19-11-5-4-6-12(8-11)20-14(22)15(16,17)18/h4-9H,1-3H3,(H,19,21)(H,20,22)/b10-7+. The number of carbonyl (C=O) groups excluding carboxylic acids is 2. The highest BCUT2D eigenvalue weighted by molar-refractivity contribution is 6.00. The smallest absolute Gasteiger partial charge is 0.322 e. The van der Waals surface area contributed by atoms with Gasteiger partial charge in [0.2, 0.25) is 5.91 Å². The number of halogens is 3. The van der Waals surface area contributed by atoms with Gasteiger partial charge >= 0.3 is 12.1 Å². The van der Waals surface area contributed by atoms with Crippen molar-refractivity contribution in [3.63, 3.8) is 0 Å². The molecule has 22 heavy (non-hydrogen) atoms. The Bertz CT molecular complexity index is 593. The minimum absolute atomic E-state index is 0.0512. The van der Waals surface area contributed by atoms with Crippen LogP contribution in [-0.4, -0.2) is 18.0 Å². The predicted molar refractivity (Wildman–Crippen MR) is 78.4 cm³/mol. The SMILES string of the molecule is C/C(=C\C(=O)Nc1cccc(NC(=O)C(F)(F)F)c1)C(C)C. The molecule has 0 spiro atoms. The van der Waals surface area contributed by atoms with E-state index in [1.807, 2.05) is 20.8 Å². The summed E-state index contributed by atoms with van der Waals surface area (Å²) in [6.45, 7) is 5.68. The summed E-state index contributed by atoms with van der Waals surface area (Å²) in [5, 5.41) is 4.26. The molecule has 2 amide bonds. The zero-order valence-electron chi connectivity index (χ0n) is 12.4. The Morgan fingerprint density at radius 1 is 1.14 bits per heavy atom. The first kappa shape index (κ1) is 17.7. The molecule has 0 aromatic heterocycles. The number of rotatable bonds is 4. The zero-order chi connectivity index (χ0) is 16.9. The number of hydrogen-bond acceptors (Lipinski definition) is 2. The Labute approximate surface area is 126 Å². The van der Waals surface area contributed by atoms with Gasteiger partial charge in [0, 0.05) is 17.5 Å². The van der Waals surface area contributed by atoms with E-state index in [4.69, 9.17) is 0 Å². The van der Waals surface area contributed by atoms with Gasteiger partial charge in [0.15, 0.2) is 0 Å². The van der Waals surface area contributed by atoms with Gasteiger partial charge in [0.25, 0.3) is 0 Å². The molecular weight excluding hydrogens is 297 g/mol. The monoisotopic (exact) mass is 314 g/mol. The van der Waals surface area contributed by atoms with Crippen molar-refractivity contribution in [2.24, 2.45) is 5.92 Å². The number of carbonyl (C=O) groups is 2. The average Bonchev–Trinajstić information content (AvgIpc) is 2.37. The van der Waals surface area contributed by atoms with Crippen LogP contribution in [0.15, 0.2) is 35.9 Å². The van der Waals surface area contributed by atoms with E-state index in [1.165, 1.54) is 30.3 Å². The van der Waals surface area contributed by atoms with Gasteiger partial charge < -0.3 is 10.6 Å². The van der Waals surface area contributed by atoms with Crippen molar-refractivity contribution in [1.82, 2.24) is 0 Å². The number of allylic oxidation sites excluding steroid dienone is 1. The lowest BCUT2D eigenvalue weighted by atomic mass is 10.1. The van der Waals surface area contributed by atoms with E-state index in [9.17, 15) is 22.8 Å². The van der Waals surface area contributed by atoms with E-state index in [1.54, 1.807) is 5.32 Å². The highest BCUT2D eigenvalue weighted by atomic mass is 19.4. The maximum atomic E-state index is 12.2. The van der Waals surface area contributed by atoms with E-state index in [0.717, 1.165) is 5.57 Å². The fourth-order valence-corrected chi connectivity index (χ4v) is 1.43. The first-order valence-electron chi connectivity index (χ1n) is 6.57. The molecule has 0 fully saturated rings. The summed E-state index contributed by atoms with van der Waals surface area (Å²) >= 11 is 0. The number of nitrogens with one attached hydrogen (secondary N) is 2. The van der Waals surface area contributed by atoms with E-state index < -0.39 is 12.1 Å². The van der Waals surface area contributed by atoms with Gasteiger partial charge in [-0.3, -0.25) is 9.59 Å². The van der Waals surface area contributed by atoms with Gasteiger partial charge in [-0.05, 0) is 31.0 Å². The normalized spacial score (nSPS) is 12.2. The molecule has 0 aliphatic heterocycles. The molecule has 0 unspecified atom stereocenters. The van der Waals surface area contributed by atoms with E-state index >= 15 is 0 Å². The number of anilines is 2. The Hall–Kier alpha value is -2.31. The van der Waals surface area contributed by atoms with Crippen molar-refractivity contribution in [2.45, 2.75) is 26.9 Å². The minimum atomic E-state index is -4.96. The molecule has 2 N–H and O–H groups in total. The van der Waals surface area contributed by atoms with E-state index in [2.05, 4.69) is 5.32 Å². The van der Waals surface area contributed by atoms with Crippen LogP contribution in [0, 0.1) is 5.92 Å². The quantitative estimate of drug-likeness (QED) is 0.832. The van der Waals surface area contributed by atoms with E-state index in [0.29, 0.717) is 0 Å². The Balaban J connectivity index is 2.79. The molecule has 1 aromatic carbocycles. The molecule has 1 aromatic rings. The van der Waals surface area contributed by atoms with Crippen LogP contribution in [0.25, 0.3) is 0 Å². The molecule has 0 heterocycles. The lowest BCUT2D eigenvalue weighted by molar-refractivity contribution is -0.167. The van der Waals surface area contributed by atoms with Crippen LogP contribution in [0.4, 0.5) is 24.5 Å². The van der Waals surface area contributed by atoms with Crippen LogP contribution in [0.5, 0.6) is 0 Å². The summed E-state index contributed by atoms with van der Waals surface area (Å²) in [5.41, 5.74) is 1.11. The zero-order valence-corrected chi connectivity index (χ0v) is 12.4. The van der Waals surface area contributed by atoms with Crippen LogP contribution in [0.1, 0.15) is 20.8 Å². The van der Waals surface area contributed by atoms with Gasteiger partial charge in [-0.2, -0.15) is 13.2 Å². The maximum absolute atomic E-state index is 12.2. The highest BCUT2D eigenvalue weighted by Gasteiger charge is 2.38. The average molecular weight is 314 g/mol. The molecule has 0 aliphatic rings. The van der Waals surface area contributed by atoms with E-state index in [-0.39, 0.29) is 23.2 Å². The molecule has 7 heteroatoms. The van der Waals surface area contributed by atoms with Crippen molar-refractivity contribution < 1.29 is 22.8 Å². The second kappa shape index (κ2) is 7.11. The maximum Gasteiger partial charge on any atom is 0.471 e. The number of amides is 2. The van der Waals surface area contributed by atoms with Crippen LogP contribution in [-0.2, 0) is 9.59 Å². The molecule has 0 atom stereocenters. The second-order valence-electron chi connectivity index (χ2n) is 5.06. The van der Waals surface area contributed by atoms with Gasteiger partial charge in [-0.15, -0.1) is 0 Å². The third-order valence-electron chi connectivity index (χ3n) is 2.91. The molecular formula is C15H17F3N2O2. The lowest BCUT2D eigenvalue weighted by Crippen LogP contribution is -2.29. The van der Waals surface area contributed by atoms with Gasteiger partial charge in [-0.1, -0.05) is 25.5 Å². The summed E-state index contributed by atoms with van der Waals surface area (Å²) in [7, 11) is 0. The van der Waals surface area contributed by atoms with Crippen molar-refractivity contribution in [2.75, 3.05) is 10.6 Å². The lowest BCUT2D eigenvalue weighted by Gasteiger charge is -2.10. The van der Waals surface area contributed by atoms with Crippen molar-refractivity contribution in [3.8, 4) is 0 Å². The molecule has 0 bridgehead atoms. The summed E-state index contributed by atoms with van der Waals surface area (Å²) in [6.07, 6.45) is -3.54. The topological polar surface area (TPSA) is 58.2 Å². The Morgan fingerprint density at radius 3 is 2.18 bits per heavy atom. The van der Waals surface area contributed by atoms with Gasteiger partial charge in [-0.25, -0.2) is 0 Å². The van der Waals surface area contributed by atoms with Gasteiger partial charge in [0.1, 0.15) is 0 Å². The summed E-state index contributed by atoms with van der Waals surface area (Å²) < 4.78 is 36.5. The number of alkyl halides is 3. The largest absolute Gasteiger partial charge is 0.471 e. The Morgan fingerprint density at radius 2 is 1.68 bits per heavy atom. The fourth-order valence-electron chi connectivity index (χ4n) is 1.43. The molecule has 4 nitrogen and oxygen atoms in total. The summed E-state index contributed by atoms with van der Waals surface area (Å²) in [6, 6.07) is 5.49. The van der Waals surface area contributed by atoms with Gasteiger partial charge in [0.05, 0.1) is 0 Å². The minimum Gasteiger partial charge on any atom is -0.322 e.